The van der Waals surface area contributed by atoms with E-state index in [9.17, 15) is 9.59 Å². The van der Waals surface area contributed by atoms with Crippen LogP contribution in [0, 0.1) is 0 Å². The van der Waals surface area contributed by atoms with E-state index >= 15 is 0 Å². The summed E-state index contributed by atoms with van der Waals surface area (Å²) < 4.78 is 0. The fraction of sp³-hybridized carbons (Fsp3) is 0.588. The van der Waals surface area contributed by atoms with Crippen molar-refractivity contribution in [3.05, 3.63) is 24.0 Å². The van der Waals surface area contributed by atoms with Crippen molar-refractivity contribution in [3.8, 4) is 0 Å². The number of rotatable bonds is 2. The summed E-state index contributed by atoms with van der Waals surface area (Å²) in [5, 5.41) is 5.98. The molecule has 6 heteroatoms. The first kappa shape index (κ1) is 14.6. The zero-order chi connectivity index (χ0) is 16.0. The topological polar surface area (TPSA) is 74.3 Å². The maximum absolute atomic E-state index is 12.2. The van der Waals surface area contributed by atoms with Crippen LogP contribution in [0.4, 0.5) is 5.69 Å². The predicted octanol–water partition coefficient (Wildman–Crippen LogP) is 0.717. The second kappa shape index (κ2) is 5.30. The van der Waals surface area contributed by atoms with E-state index in [0.29, 0.717) is 24.9 Å². The normalized spacial score (nSPS) is 33.7. The summed E-state index contributed by atoms with van der Waals surface area (Å²) in [5.74, 6) is -0.434. The van der Waals surface area contributed by atoms with Crippen LogP contribution in [0.1, 0.15) is 38.3 Å². The van der Waals surface area contributed by atoms with Crippen LogP contribution in [-0.4, -0.2) is 42.0 Å². The van der Waals surface area contributed by atoms with Crippen molar-refractivity contribution in [1.29, 1.82) is 0 Å². The molecule has 6 nitrogen and oxygen atoms in total. The molecule has 0 bridgehead atoms. The van der Waals surface area contributed by atoms with Crippen LogP contribution < -0.4 is 15.5 Å². The molecule has 0 radical (unpaired) electrons. The van der Waals surface area contributed by atoms with Gasteiger partial charge in [0.2, 0.25) is 11.8 Å². The lowest BCUT2D eigenvalue weighted by Gasteiger charge is -2.31. The zero-order valence-electron chi connectivity index (χ0n) is 13.3. The Morgan fingerprint density at radius 1 is 1.30 bits per heavy atom. The molecule has 0 saturated carbocycles. The van der Waals surface area contributed by atoms with Gasteiger partial charge in [0.25, 0.3) is 0 Å². The van der Waals surface area contributed by atoms with Crippen molar-refractivity contribution in [1.82, 2.24) is 15.6 Å². The fourth-order valence-electron chi connectivity index (χ4n) is 4.12. The zero-order valence-corrected chi connectivity index (χ0v) is 13.3. The summed E-state index contributed by atoms with van der Waals surface area (Å²) in [6.07, 6.45) is 5.11. The van der Waals surface area contributed by atoms with E-state index in [1.54, 1.807) is 0 Å². The first-order valence-electron chi connectivity index (χ1n) is 8.39. The molecule has 4 rings (SSSR count). The molecular weight excluding hydrogens is 292 g/mol. The Morgan fingerprint density at radius 3 is 2.91 bits per heavy atom. The summed E-state index contributed by atoms with van der Waals surface area (Å²) in [6, 6.07) is 5.18. The smallest absolute Gasteiger partial charge is 0.238 e. The fourth-order valence-corrected chi connectivity index (χ4v) is 4.12. The third kappa shape index (κ3) is 2.32. The molecular formula is C17H22N4O2. The maximum atomic E-state index is 12.2. The van der Waals surface area contributed by atoms with E-state index < -0.39 is 5.41 Å². The summed E-state index contributed by atoms with van der Waals surface area (Å²) >= 11 is 0. The highest BCUT2D eigenvalue weighted by molar-refractivity contribution is 6.03. The molecule has 3 atom stereocenters. The lowest BCUT2D eigenvalue weighted by molar-refractivity contribution is -0.137. The van der Waals surface area contributed by atoms with Crippen LogP contribution >= 0.6 is 0 Å². The van der Waals surface area contributed by atoms with Crippen LogP contribution in [0.5, 0.6) is 0 Å². The van der Waals surface area contributed by atoms with Crippen molar-refractivity contribution in [2.75, 3.05) is 18.0 Å². The molecule has 3 saturated heterocycles. The van der Waals surface area contributed by atoms with Gasteiger partial charge in [-0.1, -0.05) is 0 Å². The van der Waals surface area contributed by atoms with E-state index in [2.05, 4.69) is 26.6 Å². The molecule has 23 heavy (non-hydrogen) atoms. The van der Waals surface area contributed by atoms with Gasteiger partial charge in [-0.05, 0) is 44.9 Å². The standard InChI is InChI=1S/C17H22N4O2/c1-17(7-4-15(22)20-16(17)23)14-3-2-11(10-19-14)21-9-6-12-13(21)5-8-18-12/h2-3,10,12-13,18H,4-9H2,1H3,(H,20,22,23). The van der Waals surface area contributed by atoms with E-state index in [1.165, 1.54) is 12.8 Å². The van der Waals surface area contributed by atoms with Crippen molar-refractivity contribution >= 4 is 17.5 Å². The number of pyridine rings is 1. The van der Waals surface area contributed by atoms with Crippen LogP contribution in [0.3, 0.4) is 0 Å². The monoisotopic (exact) mass is 314 g/mol. The Bertz CT molecular complexity index is 644. The molecule has 3 fully saturated rings. The maximum Gasteiger partial charge on any atom is 0.238 e. The largest absolute Gasteiger partial charge is 0.366 e. The van der Waals surface area contributed by atoms with Crippen molar-refractivity contribution in [2.45, 2.75) is 50.1 Å². The Balaban J connectivity index is 1.56. The van der Waals surface area contributed by atoms with Gasteiger partial charge in [0.1, 0.15) is 0 Å². The minimum atomic E-state index is -0.713. The first-order valence-corrected chi connectivity index (χ1v) is 8.39. The molecule has 3 unspecified atom stereocenters. The lowest BCUT2D eigenvalue weighted by Crippen LogP contribution is -2.50. The quantitative estimate of drug-likeness (QED) is 0.787. The van der Waals surface area contributed by atoms with Gasteiger partial charge in [0.15, 0.2) is 0 Å². The Labute approximate surface area is 135 Å². The molecule has 2 N–H and O–H groups in total. The highest BCUT2D eigenvalue weighted by Crippen LogP contribution is 2.34. The van der Waals surface area contributed by atoms with E-state index in [-0.39, 0.29) is 11.8 Å². The number of carbonyl (C=O) groups excluding carboxylic acids is 2. The van der Waals surface area contributed by atoms with E-state index in [1.807, 2.05) is 19.2 Å². The minimum absolute atomic E-state index is 0.194. The number of anilines is 1. The van der Waals surface area contributed by atoms with E-state index in [4.69, 9.17) is 0 Å². The number of imide groups is 1. The number of fused-ring (bicyclic) bond motifs is 1. The van der Waals surface area contributed by atoms with Crippen molar-refractivity contribution in [2.24, 2.45) is 0 Å². The summed E-state index contributed by atoms with van der Waals surface area (Å²) in [6.45, 7) is 4.00. The molecule has 3 aliphatic rings. The van der Waals surface area contributed by atoms with Crippen molar-refractivity contribution in [3.63, 3.8) is 0 Å². The first-order chi connectivity index (χ1) is 11.1. The molecule has 0 aliphatic carbocycles. The molecule has 1 aromatic heterocycles. The molecule has 0 aromatic carbocycles. The molecule has 2 amide bonds. The number of hydrogen-bond donors (Lipinski definition) is 2. The molecule has 0 spiro atoms. The predicted molar refractivity (Wildman–Crippen MR) is 86.1 cm³/mol. The Morgan fingerprint density at radius 2 is 2.17 bits per heavy atom. The van der Waals surface area contributed by atoms with Gasteiger partial charge in [-0.3, -0.25) is 19.9 Å². The van der Waals surface area contributed by atoms with Gasteiger partial charge in [-0.25, -0.2) is 0 Å². The van der Waals surface area contributed by atoms with Gasteiger partial charge >= 0.3 is 0 Å². The van der Waals surface area contributed by atoms with Gasteiger partial charge < -0.3 is 10.2 Å². The average Bonchev–Trinajstić information content (AvgIpc) is 3.15. The highest BCUT2D eigenvalue weighted by Gasteiger charge is 2.42. The number of hydrogen-bond acceptors (Lipinski definition) is 5. The highest BCUT2D eigenvalue weighted by atomic mass is 16.2. The van der Waals surface area contributed by atoms with Crippen LogP contribution in [-0.2, 0) is 15.0 Å². The van der Waals surface area contributed by atoms with Gasteiger partial charge in [-0.15, -0.1) is 0 Å². The SMILES string of the molecule is CC1(c2ccc(N3CCC4NCCC43)cn2)CCC(=O)NC1=O. The Kier molecular flexibility index (Phi) is 3.37. The van der Waals surface area contributed by atoms with Gasteiger partial charge in [0.05, 0.1) is 23.0 Å². The average molecular weight is 314 g/mol. The Hall–Kier alpha value is -1.95. The third-order valence-corrected chi connectivity index (χ3v) is 5.64. The summed E-state index contributed by atoms with van der Waals surface area (Å²) in [5.41, 5.74) is 1.15. The minimum Gasteiger partial charge on any atom is -0.366 e. The third-order valence-electron chi connectivity index (χ3n) is 5.64. The lowest BCUT2D eigenvalue weighted by atomic mass is 9.78. The second-order valence-electron chi connectivity index (χ2n) is 7.01. The molecule has 3 aliphatic heterocycles. The number of carbonyl (C=O) groups is 2. The van der Waals surface area contributed by atoms with Crippen LogP contribution in [0.25, 0.3) is 0 Å². The molecule has 122 valence electrons. The second-order valence-corrected chi connectivity index (χ2v) is 7.01. The van der Waals surface area contributed by atoms with Gasteiger partial charge in [-0.2, -0.15) is 0 Å². The molecule has 4 heterocycles. The summed E-state index contributed by atoms with van der Waals surface area (Å²) in [7, 11) is 0. The van der Waals surface area contributed by atoms with Crippen molar-refractivity contribution < 1.29 is 9.59 Å². The van der Waals surface area contributed by atoms with Crippen LogP contribution in [0.2, 0.25) is 0 Å². The number of amides is 2. The van der Waals surface area contributed by atoms with Crippen LogP contribution in [0.15, 0.2) is 18.3 Å². The molecule has 1 aromatic rings. The van der Waals surface area contributed by atoms with E-state index in [0.717, 1.165) is 24.5 Å². The van der Waals surface area contributed by atoms with Gasteiger partial charge in [0, 0.05) is 25.0 Å². The number of aromatic nitrogens is 1. The number of nitrogens with zero attached hydrogens (tertiary/aromatic N) is 2. The number of piperidine rings is 1. The number of nitrogens with one attached hydrogen (secondary N) is 2. The summed E-state index contributed by atoms with van der Waals surface area (Å²) in [4.78, 5) is 30.6.